The van der Waals surface area contributed by atoms with Crippen LogP contribution in [0.2, 0.25) is 0 Å². The lowest BCUT2D eigenvalue weighted by molar-refractivity contribution is 0.595. The quantitative estimate of drug-likeness (QED) is 0.767. The average Bonchev–Trinajstić information content (AvgIpc) is 2.67. The van der Waals surface area contributed by atoms with Gasteiger partial charge in [-0.05, 0) is 12.1 Å². The summed E-state index contributed by atoms with van der Waals surface area (Å²) in [6, 6.07) is 6.31. The highest BCUT2D eigenvalue weighted by atomic mass is 19.1. The molecule has 72 valence electrons. The van der Waals surface area contributed by atoms with E-state index in [9.17, 15) is 4.39 Å². The molecule has 1 aromatic heterocycles. The van der Waals surface area contributed by atoms with Gasteiger partial charge in [-0.3, -0.25) is 0 Å². The molecular weight excluding hydrogens is 183 g/mol. The largest absolute Gasteiger partial charge is 0.325 e. The van der Waals surface area contributed by atoms with E-state index < -0.39 is 0 Å². The van der Waals surface area contributed by atoms with Gasteiger partial charge in [0.05, 0.1) is 11.9 Å². The molecule has 0 fully saturated rings. The first-order chi connectivity index (χ1) is 6.81. The molecule has 0 bridgehead atoms. The molecule has 0 radical (unpaired) electrons. The molecule has 0 spiro atoms. The zero-order chi connectivity index (χ0) is 9.97. The fraction of sp³-hybridized carbons (Fsp3) is 0.111. The van der Waals surface area contributed by atoms with E-state index in [1.807, 2.05) is 0 Å². The number of benzene rings is 1. The Bertz CT molecular complexity index is 438. The lowest BCUT2D eigenvalue weighted by Gasteiger charge is -1.99. The Labute approximate surface area is 80.2 Å². The number of rotatable bonds is 2. The monoisotopic (exact) mass is 192 g/mol. The highest BCUT2D eigenvalue weighted by Gasteiger charge is 2.05. The van der Waals surface area contributed by atoms with E-state index in [-0.39, 0.29) is 5.82 Å². The van der Waals surface area contributed by atoms with Gasteiger partial charge in [0, 0.05) is 6.54 Å². The Morgan fingerprint density at radius 3 is 2.79 bits per heavy atom. The molecule has 0 atom stereocenters. The van der Waals surface area contributed by atoms with Crippen molar-refractivity contribution in [3.63, 3.8) is 0 Å². The average molecular weight is 192 g/mol. The van der Waals surface area contributed by atoms with Crippen molar-refractivity contribution >= 4 is 0 Å². The number of halogens is 1. The fourth-order valence-corrected chi connectivity index (χ4v) is 1.12. The molecule has 2 N–H and O–H groups in total. The Morgan fingerprint density at radius 2 is 2.14 bits per heavy atom. The standard InChI is InChI=1S/C9H9FN4/c10-8-3-1-2-4-9(8)14-12-6-7(5-11)13-14/h1-4,6H,5,11H2. The first kappa shape index (κ1) is 8.83. The summed E-state index contributed by atoms with van der Waals surface area (Å²) in [6.45, 7) is 0.300. The summed E-state index contributed by atoms with van der Waals surface area (Å²) < 4.78 is 13.3. The van der Waals surface area contributed by atoms with Crippen molar-refractivity contribution in [2.75, 3.05) is 0 Å². The maximum absolute atomic E-state index is 13.3. The number of hydrogen-bond acceptors (Lipinski definition) is 3. The van der Waals surface area contributed by atoms with Crippen LogP contribution in [0, 0.1) is 5.82 Å². The third kappa shape index (κ3) is 1.49. The van der Waals surface area contributed by atoms with Crippen LogP contribution in [0.15, 0.2) is 30.5 Å². The molecule has 0 aliphatic rings. The number of aromatic nitrogens is 3. The van der Waals surface area contributed by atoms with Gasteiger partial charge >= 0.3 is 0 Å². The minimum atomic E-state index is -0.355. The smallest absolute Gasteiger partial charge is 0.150 e. The maximum atomic E-state index is 13.3. The van der Waals surface area contributed by atoms with E-state index in [4.69, 9.17) is 5.73 Å². The van der Waals surface area contributed by atoms with Gasteiger partial charge in [0.15, 0.2) is 5.82 Å². The molecule has 2 aromatic rings. The number of para-hydroxylation sites is 1. The molecular formula is C9H9FN4. The van der Waals surface area contributed by atoms with E-state index in [0.717, 1.165) is 0 Å². The van der Waals surface area contributed by atoms with Gasteiger partial charge in [0.1, 0.15) is 5.69 Å². The van der Waals surface area contributed by atoms with Crippen LogP contribution in [-0.2, 0) is 6.54 Å². The Balaban J connectivity index is 2.44. The van der Waals surface area contributed by atoms with Crippen molar-refractivity contribution in [2.24, 2.45) is 5.73 Å². The summed E-state index contributed by atoms with van der Waals surface area (Å²) in [7, 11) is 0. The molecule has 0 saturated carbocycles. The van der Waals surface area contributed by atoms with E-state index >= 15 is 0 Å². The van der Waals surface area contributed by atoms with Crippen molar-refractivity contribution < 1.29 is 4.39 Å². The van der Waals surface area contributed by atoms with E-state index in [0.29, 0.717) is 17.9 Å². The minimum Gasteiger partial charge on any atom is -0.325 e. The van der Waals surface area contributed by atoms with Crippen LogP contribution in [0.3, 0.4) is 0 Å². The van der Waals surface area contributed by atoms with E-state index in [1.54, 1.807) is 18.2 Å². The van der Waals surface area contributed by atoms with Crippen LogP contribution >= 0.6 is 0 Å². The summed E-state index contributed by atoms with van der Waals surface area (Å²) >= 11 is 0. The van der Waals surface area contributed by atoms with Gasteiger partial charge in [0.2, 0.25) is 0 Å². The molecule has 0 amide bonds. The second kappa shape index (κ2) is 3.55. The van der Waals surface area contributed by atoms with Crippen LogP contribution in [0.1, 0.15) is 5.69 Å². The van der Waals surface area contributed by atoms with E-state index in [1.165, 1.54) is 17.1 Å². The van der Waals surface area contributed by atoms with E-state index in [2.05, 4.69) is 10.2 Å². The van der Waals surface area contributed by atoms with Crippen LogP contribution in [-0.4, -0.2) is 15.0 Å². The van der Waals surface area contributed by atoms with Crippen molar-refractivity contribution in [1.29, 1.82) is 0 Å². The Kier molecular flexibility index (Phi) is 2.24. The van der Waals surface area contributed by atoms with Crippen molar-refractivity contribution in [1.82, 2.24) is 15.0 Å². The maximum Gasteiger partial charge on any atom is 0.150 e. The molecule has 0 unspecified atom stereocenters. The second-order valence-corrected chi connectivity index (χ2v) is 2.78. The number of nitrogens with zero attached hydrogens (tertiary/aromatic N) is 3. The van der Waals surface area contributed by atoms with Gasteiger partial charge in [-0.15, -0.1) is 4.80 Å². The third-order valence-electron chi connectivity index (χ3n) is 1.82. The van der Waals surface area contributed by atoms with Crippen LogP contribution < -0.4 is 5.73 Å². The first-order valence-electron chi connectivity index (χ1n) is 4.17. The molecule has 1 aromatic carbocycles. The van der Waals surface area contributed by atoms with Crippen LogP contribution in [0.5, 0.6) is 0 Å². The highest BCUT2D eigenvalue weighted by Crippen LogP contribution is 2.09. The second-order valence-electron chi connectivity index (χ2n) is 2.78. The first-order valence-corrected chi connectivity index (χ1v) is 4.17. The van der Waals surface area contributed by atoms with Gasteiger partial charge in [-0.1, -0.05) is 12.1 Å². The Hall–Kier alpha value is -1.75. The van der Waals surface area contributed by atoms with Crippen LogP contribution in [0.25, 0.3) is 5.69 Å². The lowest BCUT2D eigenvalue weighted by Crippen LogP contribution is -2.03. The molecule has 0 aliphatic heterocycles. The molecule has 14 heavy (non-hydrogen) atoms. The normalized spacial score (nSPS) is 10.4. The summed E-state index contributed by atoms with van der Waals surface area (Å²) in [5.74, 6) is -0.355. The summed E-state index contributed by atoms with van der Waals surface area (Å²) in [5.41, 5.74) is 6.33. The predicted octanol–water partition coefficient (Wildman–Crippen LogP) is 0.865. The van der Waals surface area contributed by atoms with Crippen molar-refractivity contribution in [2.45, 2.75) is 6.54 Å². The molecule has 0 saturated heterocycles. The topological polar surface area (TPSA) is 56.7 Å². The summed E-state index contributed by atoms with van der Waals surface area (Å²) in [5, 5.41) is 7.90. The summed E-state index contributed by atoms with van der Waals surface area (Å²) in [4.78, 5) is 1.23. The lowest BCUT2D eigenvalue weighted by atomic mass is 10.3. The minimum absolute atomic E-state index is 0.300. The highest BCUT2D eigenvalue weighted by molar-refractivity contribution is 5.30. The van der Waals surface area contributed by atoms with Gasteiger partial charge in [-0.2, -0.15) is 10.2 Å². The molecule has 0 aliphatic carbocycles. The van der Waals surface area contributed by atoms with Gasteiger partial charge in [0.25, 0.3) is 0 Å². The van der Waals surface area contributed by atoms with Gasteiger partial charge < -0.3 is 5.73 Å². The van der Waals surface area contributed by atoms with Crippen LogP contribution in [0.4, 0.5) is 4.39 Å². The van der Waals surface area contributed by atoms with Crippen molar-refractivity contribution in [3.05, 3.63) is 42.0 Å². The SMILES string of the molecule is NCc1cnn(-c2ccccc2F)n1. The molecule has 1 heterocycles. The summed E-state index contributed by atoms with van der Waals surface area (Å²) in [6.07, 6.45) is 1.52. The molecule has 5 heteroatoms. The zero-order valence-electron chi connectivity index (χ0n) is 7.39. The van der Waals surface area contributed by atoms with Crippen molar-refractivity contribution in [3.8, 4) is 5.69 Å². The number of hydrogen-bond donors (Lipinski definition) is 1. The fourth-order valence-electron chi connectivity index (χ4n) is 1.12. The zero-order valence-corrected chi connectivity index (χ0v) is 7.39. The Morgan fingerprint density at radius 1 is 1.36 bits per heavy atom. The molecule has 4 nitrogen and oxygen atoms in total. The third-order valence-corrected chi connectivity index (χ3v) is 1.82. The predicted molar refractivity (Wildman–Crippen MR) is 49.2 cm³/mol. The number of nitrogens with two attached hydrogens (primary N) is 1. The molecule has 2 rings (SSSR count). The van der Waals surface area contributed by atoms with Gasteiger partial charge in [-0.25, -0.2) is 4.39 Å².